The van der Waals surface area contributed by atoms with Crippen LogP contribution in [0.15, 0.2) is 42.5 Å². The van der Waals surface area contributed by atoms with Crippen LogP contribution in [0.2, 0.25) is 5.02 Å². The van der Waals surface area contributed by atoms with E-state index in [0.717, 1.165) is 12.0 Å². The van der Waals surface area contributed by atoms with Crippen molar-refractivity contribution in [3.63, 3.8) is 0 Å². The predicted molar refractivity (Wildman–Crippen MR) is 83.1 cm³/mol. The molecular formula is C17H17ClFNO. The van der Waals surface area contributed by atoms with Gasteiger partial charge in [0.2, 0.25) is 0 Å². The van der Waals surface area contributed by atoms with Crippen molar-refractivity contribution in [1.29, 1.82) is 0 Å². The lowest BCUT2D eigenvalue weighted by Crippen LogP contribution is -2.28. The molecule has 1 N–H and O–H groups in total. The fourth-order valence-corrected chi connectivity index (χ4v) is 2.36. The smallest absolute Gasteiger partial charge is 0.252 e. The van der Waals surface area contributed by atoms with Crippen LogP contribution in [0.1, 0.15) is 40.9 Å². The van der Waals surface area contributed by atoms with E-state index in [2.05, 4.69) is 5.32 Å². The molecular weight excluding hydrogens is 289 g/mol. The number of rotatable bonds is 4. The Labute approximate surface area is 128 Å². The highest BCUT2D eigenvalue weighted by Gasteiger charge is 2.15. The molecule has 2 aromatic carbocycles. The van der Waals surface area contributed by atoms with Gasteiger partial charge in [-0.05, 0) is 54.8 Å². The van der Waals surface area contributed by atoms with Gasteiger partial charge in [-0.1, -0.05) is 30.7 Å². The second kappa shape index (κ2) is 6.72. The summed E-state index contributed by atoms with van der Waals surface area (Å²) in [6.07, 6.45) is 0.758. The van der Waals surface area contributed by atoms with Crippen LogP contribution in [0, 0.1) is 12.7 Å². The number of benzene rings is 2. The van der Waals surface area contributed by atoms with Crippen molar-refractivity contribution in [2.24, 2.45) is 0 Å². The van der Waals surface area contributed by atoms with Gasteiger partial charge in [0.1, 0.15) is 5.82 Å². The fourth-order valence-electron chi connectivity index (χ4n) is 2.23. The van der Waals surface area contributed by atoms with E-state index in [9.17, 15) is 9.18 Å². The number of aryl methyl sites for hydroxylation is 1. The summed E-state index contributed by atoms with van der Waals surface area (Å²) < 4.78 is 13.1. The second-order valence-electron chi connectivity index (χ2n) is 4.95. The first-order valence-electron chi connectivity index (χ1n) is 6.83. The van der Waals surface area contributed by atoms with Crippen LogP contribution in [0.3, 0.4) is 0 Å². The minimum Gasteiger partial charge on any atom is -0.345 e. The lowest BCUT2D eigenvalue weighted by molar-refractivity contribution is 0.0935. The molecule has 2 nitrogen and oxygen atoms in total. The molecule has 2 rings (SSSR count). The largest absolute Gasteiger partial charge is 0.345 e. The summed E-state index contributed by atoms with van der Waals surface area (Å²) in [5.74, 6) is -0.539. The van der Waals surface area contributed by atoms with E-state index < -0.39 is 0 Å². The second-order valence-corrected chi connectivity index (χ2v) is 5.38. The summed E-state index contributed by atoms with van der Waals surface area (Å²) in [4.78, 5) is 12.3. The first kappa shape index (κ1) is 15.5. The normalized spacial score (nSPS) is 12.0. The van der Waals surface area contributed by atoms with E-state index in [-0.39, 0.29) is 17.8 Å². The molecule has 2 aromatic rings. The van der Waals surface area contributed by atoms with Crippen molar-refractivity contribution in [2.75, 3.05) is 0 Å². The van der Waals surface area contributed by atoms with Gasteiger partial charge in [-0.25, -0.2) is 4.39 Å². The van der Waals surface area contributed by atoms with Gasteiger partial charge in [-0.3, -0.25) is 4.79 Å². The Balaban J connectivity index is 2.18. The molecule has 21 heavy (non-hydrogen) atoms. The molecule has 0 saturated carbocycles. The minimum atomic E-state index is -0.339. The summed E-state index contributed by atoms with van der Waals surface area (Å²) in [5, 5.41) is 3.64. The summed E-state index contributed by atoms with van der Waals surface area (Å²) >= 11 is 5.87. The van der Waals surface area contributed by atoms with Gasteiger partial charge in [0, 0.05) is 10.6 Å². The predicted octanol–water partition coefficient (Wildman–Crippen LogP) is 4.67. The standard InChI is InChI=1S/C17H17ClFNO/c1-3-16(12-4-6-13(18)7-5-12)20-17(21)15-9-8-14(19)10-11(15)2/h4-10,16H,3H2,1-2H3,(H,20,21). The number of amides is 1. The number of nitrogens with one attached hydrogen (secondary N) is 1. The van der Waals surface area contributed by atoms with E-state index in [1.807, 2.05) is 19.1 Å². The zero-order valence-corrected chi connectivity index (χ0v) is 12.7. The molecule has 1 atom stereocenters. The minimum absolute atomic E-state index is 0.0979. The molecule has 1 amide bonds. The van der Waals surface area contributed by atoms with Crippen LogP contribution in [-0.2, 0) is 0 Å². The molecule has 4 heteroatoms. The summed E-state index contributed by atoms with van der Waals surface area (Å²) in [7, 11) is 0. The van der Waals surface area contributed by atoms with Crippen LogP contribution < -0.4 is 5.32 Å². The number of hydrogen-bond acceptors (Lipinski definition) is 1. The number of carbonyl (C=O) groups excluding carboxylic acids is 1. The highest BCUT2D eigenvalue weighted by molar-refractivity contribution is 6.30. The Bertz CT molecular complexity index is 640. The molecule has 0 aliphatic rings. The van der Waals surface area contributed by atoms with Crippen molar-refractivity contribution in [1.82, 2.24) is 5.32 Å². The van der Waals surface area contributed by atoms with Gasteiger partial charge >= 0.3 is 0 Å². The Morgan fingerprint density at radius 2 is 1.90 bits per heavy atom. The molecule has 0 aromatic heterocycles. The van der Waals surface area contributed by atoms with E-state index in [1.165, 1.54) is 18.2 Å². The van der Waals surface area contributed by atoms with Gasteiger partial charge in [0.05, 0.1) is 6.04 Å². The van der Waals surface area contributed by atoms with Crippen molar-refractivity contribution >= 4 is 17.5 Å². The highest BCUT2D eigenvalue weighted by atomic mass is 35.5. The van der Waals surface area contributed by atoms with Crippen LogP contribution >= 0.6 is 11.6 Å². The van der Waals surface area contributed by atoms with Crippen LogP contribution in [0.5, 0.6) is 0 Å². The summed E-state index contributed by atoms with van der Waals surface area (Å²) in [6, 6.07) is 11.5. The van der Waals surface area contributed by atoms with E-state index in [4.69, 9.17) is 11.6 Å². The molecule has 0 radical (unpaired) electrons. The molecule has 0 heterocycles. The van der Waals surface area contributed by atoms with Gasteiger partial charge in [-0.2, -0.15) is 0 Å². The van der Waals surface area contributed by atoms with Gasteiger partial charge < -0.3 is 5.32 Å². The molecule has 1 unspecified atom stereocenters. The Morgan fingerprint density at radius 1 is 1.24 bits per heavy atom. The van der Waals surface area contributed by atoms with Gasteiger partial charge in [0.25, 0.3) is 5.91 Å². The summed E-state index contributed by atoms with van der Waals surface area (Å²) in [5.41, 5.74) is 2.11. The number of carbonyl (C=O) groups is 1. The zero-order chi connectivity index (χ0) is 15.4. The molecule has 0 aliphatic heterocycles. The van der Waals surface area contributed by atoms with E-state index >= 15 is 0 Å². The molecule has 0 aliphatic carbocycles. The maximum absolute atomic E-state index is 13.1. The third kappa shape index (κ3) is 3.82. The van der Waals surface area contributed by atoms with Gasteiger partial charge in [-0.15, -0.1) is 0 Å². The maximum atomic E-state index is 13.1. The van der Waals surface area contributed by atoms with E-state index in [0.29, 0.717) is 16.1 Å². The molecule has 0 bridgehead atoms. The number of halogens is 2. The average Bonchev–Trinajstić information content (AvgIpc) is 2.45. The van der Waals surface area contributed by atoms with Gasteiger partial charge in [0.15, 0.2) is 0 Å². The molecule has 110 valence electrons. The quantitative estimate of drug-likeness (QED) is 0.874. The fraction of sp³-hybridized carbons (Fsp3) is 0.235. The monoisotopic (exact) mass is 305 g/mol. The van der Waals surface area contributed by atoms with Crippen molar-refractivity contribution in [2.45, 2.75) is 26.3 Å². The maximum Gasteiger partial charge on any atom is 0.252 e. The highest BCUT2D eigenvalue weighted by Crippen LogP contribution is 2.20. The first-order valence-corrected chi connectivity index (χ1v) is 7.21. The van der Waals surface area contributed by atoms with Crippen LogP contribution in [-0.4, -0.2) is 5.91 Å². The third-order valence-corrected chi connectivity index (χ3v) is 3.67. The lowest BCUT2D eigenvalue weighted by Gasteiger charge is -2.18. The van der Waals surface area contributed by atoms with Crippen molar-refractivity contribution in [3.05, 3.63) is 70.0 Å². The summed E-state index contributed by atoms with van der Waals surface area (Å²) in [6.45, 7) is 3.72. The third-order valence-electron chi connectivity index (χ3n) is 3.42. The Kier molecular flexibility index (Phi) is 4.97. The number of hydrogen-bond donors (Lipinski definition) is 1. The molecule has 0 saturated heterocycles. The van der Waals surface area contributed by atoms with Crippen molar-refractivity contribution in [3.8, 4) is 0 Å². The van der Waals surface area contributed by atoms with Crippen LogP contribution in [0.4, 0.5) is 4.39 Å². The Hall–Kier alpha value is -1.87. The van der Waals surface area contributed by atoms with E-state index in [1.54, 1.807) is 19.1 Å². The SMILES string of the molecule is CCC(NC(=O)c1ccc(F)cc1C)c1ccc(Cl)cc1. The molecule has 0 spiro atoms. The first-order chi connectivity index (χ1) is 10.0. The van der Waals surface area contributed by atoms with Crippen molar-refractivity contribution < 1.29 is 9.18 Å². The average molecular weight is 306 g/mol. The lowest BCUT2D eigenvalue weighted by atomic mass is 10.0. The molecule has 0 fully saturated rings. The Morgan fingerprint density at radius 3 is 2.48 bits per heavy atom. The zero-order valence-electron chi connectivity index (χ0n) is 12.0. The topological polar surface area (TPSA) is 29.1 Å². The van der Waals surface area contributed by atoms with Crippen LogP contribution in [0.25, 0.3) is 0 Å².